The van der Waals surface area contributed by atoms with Crippen molar-refractivity contribution in [1.29, 1.82) is 0 Å². The number of carbonyl (C=O) groups is 1. The first kappa shape index (κ1) is 23.2. The summed E-state index contributed by atoms with van der Waals surface area (Å²) in [4.78, 5) is 15.3. The molecule has 0 bridgehead atoms. The van der Waals surface area contributed by atoms with E-state index in [0.29, 0.717) is 0 Å². The lowest BCUT2D eigenvalue weighted by molar-refractivity contribution is -0.119. The second-order valence-electron chi connectivity index (χ2n) is 7.80. The van der Waals surface area contributed by atoms with E-state index in [0.717, 1.165) is 32.2 Å². The van der Waals surface area contributed by atoms with E-state index in [-0.39, 0.29) is 29.9 Å². The molecule has 1 atom stereocenters. The van der Waals surface area contributed by atoms with Crippen molar-refractivity contribution in [2.75, 3.05) is 11.4 Å². The maximum Gasteiger partial charge on any atom is 0.243 e. The predicted octanol–water partition coefficient (Wildman–Crippen LogP) is 5.38. The van der Waals surface area contributed by atoms with Gasteiger partial charge < -0.3 is 4.90 Å². The monoisotopic (exact) mass is 576 g/mol. The second kappa shape index (κ2) is 9.47. The molecule has 5 nitrogen and oxygen atoms in total. The number of hydrogen-bond acceptors (Lipinski definition) is 3. The van der Waals surface area contributed by atoms with Gasteiger partial charge in [-0.15, -0.1) is 0 Å². The molecule has 0 saturated heterocycles. The molecule has 0 spiro atoms. The smallest absolute Gasteiger partial charge is 0.243 e. The van der Waals surface area contributed by atoms with Crippen molar-refractivity contribution in [1.82, 2.24) is 4.31 Å². The number of rotatable bonds is 6. The van der Waals surface area contributed by atoms with Gasteiger partial charge >= 0.3 is 0 Å². The zero-order valence-electron chi connectivity index (χ0n) is 17.4. The Labute approximate surface area is 205 Å². The summed E-state index contributed by atoms with van der Waals surface area (Å²) in [6.45, 7) is 1.84. The largest absolute Gasteiger partial charge is 0.308 e. The molecule has 32 heavy (non-hydrogen) atoms. The van der Waals surface area contributed by atoms with Crippen LogP contribution in [-0.4, -0.2) is 31.2 Å². The highest BCUT2D eigenvalue weighted by Crippen LogP contribution is 2.34. The minimum atomic E-state index is -3.87. The van der Waals surface area contributed by atoms with Crippen LogP contribution in [0, 0.1) is 0 Å². The van der Waals surface area contributed by atoms with Gasteiger partial charge in [-0.05, 0) is 66.9 Å². The molecule has 0 aromatic heterocycles. The Morgan fingerprint density at radius 3 is 2.34 bits per heavy atom. The third-order valence-electron chi connectivity index (χ3n) is 5.49. The molecule has 1 aliphatic rings. The van der Waals surface area contributed by atoms with Crippen LogP contribution < -0.4 is 4.90 Å². The van der Waals surface area contributed by atoms with Crippen LogP contribution in [-0.2, 0) is 27.8 Å². The van der Waals surface area contributed by atoms with Crippen LogP contribution in [0.2, 0.25) is 0 Å². The Morgan fingerprint density at radius 2 is 1.66 bits per heavy atom. The molecule has 0 unspecified atom stereocenters. The van der Waals surface area contributed by atoms with Crippen LogP contribution >= 0.6 is 31.9 Å². The predicted molar refractivity (Wildman–Crippen MR) is 133 cm³/mol. The molecule has 8 heteroatoms. The van der Waals surface area contributed by atoms with Gasteiger partial charge in [0.05, 0.1) is 11.4 Å². The first-order valence-corrected chi connectivity index (χ1v) is 13.2. The van der Waals surface area contributed by atoms with E-state index in [1.807, 2.05) is 49.4 Å². The number of sulfonamides is 1. The summed E-state index contributed by atoms with van der Waals surface area (Å²) in [5.41, 5.74) is 2.72. The second-order valence-corrected chi connectivity index (χ2v) is 11.6. The summed E-state index contributed by atoms with van der Waals surface area (Å²) in [6, 6.07) is 21.5. The Hall–Kier alpha value is -2.00. The number of fused-ring (bicyclic) bond motifs is 1. The minimum Gasteiger partial charge on any atom is -0.308 e. The maximum atomic E-state index is 13.5. The lowest BCUT2D eigenvalue weighted by Crippen LogP contribution is -2.44. The zero-order chi connectivity index (χ0) is 22.9. The highest BCUT2D eigenvalue weighted by atomic mass is 79.9. The highest BCUT2D eigenvalue weighted by Gasteiger charge is 2.34. The van der Waals surface area contributed by atoms with Crippen LogP contribution in [0.4, 0.5) is 5.69 Å². The quantitative estimate of drug-likeness (QED) is 0.395. The van der Waals surface area contributed by atoms with Crippen LogP contribution in [0.1, 0.15) is 18.1 Å². The van der Waals surface area contributed by atoms with E-state index in [9.17, 15) is 13.2 Å². The minimum absolute atomic E-state index is 0.0410. The normalized spacial score (nSPS) is 15.8. The third kappa shape index (κ3) is 4.83. The number of hydrogen-bond donors (Lipinski definition) is 0. The van der Waals surface area contributed by atoms with Crippen LogP contribution in [0.3, 0.4) is 0 Å². The first-order chi connectivity index (χ1) is 15.3. The van der Waals surface area contributed by atoms with Crippen LogP contribution in [0.15, 0.2) is 86.6 Å². The van der Waals surface area contributed by atoms with Gasteiger partial charge in [-0.3, -0.25) is 4.79 Å². The third-order valence-corrected chi connectivity index (χ3v) is 8.32. The molecular formula is C24H22Br2N2O3S. The number of carbonyl (C=O) groups excluding carboxylic acids is 1. The lowest BCUT2D eigenvalue weighted by atomic mass is 10.1. The SMILES string of the molecule is C[C@H]1Cc2cc(Br)ccc2N1C(=O)CN(Cc1ccc(Br)cc1)S(=O)(=O)c1ccccc1. The van der Waals surface area contributed by atoms with Crippen LogP contribution in [0.5, 0.6) is 0 Å². The summed E-state index contributed by atoms with van der Waals surface area (Å²) in [5, 5.41) is 0. The Balaban J connectivity index is 1.66. The van der Waals surface area contributed by atoms with Gasteiger partial charge in [0.25, 0.3) is 0 Å². The summed E-state index contributed by atoms with van der Waals surface area (Å²) in [6.07, 6.45) is 0.735. The van der Waals surface area contributed by atoms with Gasteiger partial charge in [0.2, 0.25) is 15.9 Å². The van der Waals surface area contributed by atoms with E-state index in [1.165, 1.54) is 4.31 Å². The van der Waals surface area contributed by atoms with Gasteiger partial charge in [0.15, 0.2) is 0 Å². The Bertz CT molecular complexity index is 1230. The molecule has 3 aromatic rings. The van der Waals surface area contributed by atoms with Crippen molar-refractivity contribution < 1.29 is 13.2 Å². The summed E-state index contributed by atoms with van der Waals surface area (Å²) < 4.78 is 30.1. The van der Waals surface area contributed by atoms with Gasteiger partial charge in [-0.25, -0.2) is 8.42 Å². The fourth-order valence-electron chi connectivity index (χ4n) is 3.97. The van der Waals surface area contributed by atoms with E-state index in [1.54, 1.807) is 35.2 Å². The molecule has 0 saturated carbocycles. The molecular weight excluding hydrogens is 556 g/mol. The molecule has 0 N–H and O–H groups in total. The van der Waals surface area contributed by atoms with Crippen molar-refractivity contribution in [2.45, 2.75) is 30.8 Å². The summed E-state index contributed by atoms with van der Waals surface area (Å²) >= 11 is 6.89. The van der Waals surface area contributed by atoms with E-state index < -0.39 is 10.0 Å². The molecule has 166 valence electrons. The molecule has 3 aromatic carbocycles. The van der Waals surface area contributed by atoms with Crippen LogP contribution in [0.25, 0.3) is 0 Å². The summed E-state index contributed by atoms with van der Waals surface area (Å²) in [5.74, 6) is -0.241. The van der Waals surface area contributed by atoms with Crippen molar-refractivity contribution >= 4 is 53.5 Å². The Kier molecular flexibility index (Phi) is 6.86. The number of amides is 1. The fraction of sp³-hybridized carbons (Fsp3) is 0.208. The fourth-order valence-corrected chi connectivity index (χ4v) is 6.04. The molecule has 4 rings (SSSR count). The molecule has 1 amide bonds. The standard InChI is InChI=1S/C24H22Br2N2O3S/c1-17-13-19-14-21(26)11-12-23(19)28(17)24(29)16-27(15-18-7-9-20(25)10-8-18)32(30,31)22-5-3-2-4-6-22/h2-12,14,17H,13,15-16H2,1H3/t17-/m0/s1. The molecule has 1 aliphatic heterocycles. The van der Waals surface area contributed by atoms with Gasteiger partial charge in [-0.1, -0.05) is 62.2 Å². The molecule has 0 aliphatic carbocycles. The highest BCUT2D eigenvalue weighted by molar-refractivity contribution is 9.10. The van der Waals surface area contributed by atoms with Gasteiger partial charge in [0, 0.05) is 27.2 Å². The number of anilines is 1. The topological polar surface area (TPSA) is 57.7 Å². The zero-order valence-corrected chi connectivity index (χ0v) is 21.4. The van der Waals surface area contributed by atoms with E-state index in [4.69, 9.17) is 0 Å². The van der Waals surface area contributed by atoms with E-state index in [2.05, 4.69) is 31.9 Å². The molecule has 0 fully saturated rings. The van der Waals surface area contributed by atoms with E-state index >= 15 is 0 Å². The molecule has 1 heterocycles. The van der Waals surface area contributed by atoms with Gasteiger partial charge in [-0.2, -0.15) is 4.31 Å². The van der Waals surface area contributed by atoms with Crippen molar-refractivity contribution in [3.63, 3.8) is 0 Å². The number of benzene rings is 3. The van der Waals surface area contributed by atoms with Crippen molar-refractivity contribution in [3.8, 4) is 0 Å². The van der Waals surface area contributed by atoms with Crippen molar-refractivity contribution in [2.24, 2.45) is 0 Å². The first-order valence-electron chi connectivity index (χ1n) is 10.2. The molecule has 0 radical (unpaired) electrons. The average Bonchev–Trinajstić information content (AvgIpc) is 3.10. The number of halogens is 2. The Morgan fingerprint density at radius 1 is 1.00 bits per heavy atom. The number of nitrogens with zero attached hydrogens (tertiary/aromatic N) is 2. The maximum absolute atomic E-state index is 13.5. The lowest BCUT2D eigenvalue weighted by Gasteiger charge is -2.27. The van der Waals surface area contributed by atoms with Gasteiger partial charge in [0.1, 0.15) is 0 Å². The average molecular weight is 578 g/mol. The summed E-state index contributed by atoms with van der Waals surface area (Å²) in [7, 11) is -3.87. The van der Waals surface area contributed by atoms with Crippen molar-refractivity contribution in [3.05, 3.63) is 92.9 Å².